The summed E-state index contributed by atoms with van der Waals surface area (Å²) in [7, 11) is -2.70. The molecule has 92 valence electrons. The van der Waals surface area contributed by atoms with Crippen LogP contribution in [0.15, 0.2) is 28.6 Å². The standard InChI is InChI=1S/C9H10O.CH2N2O3S/c1-2-6-9-8(4-1)5-3-7-10-9;2-1(4)3-7(5)6/h1-2,4,6H,3,5,7H2;(H2,2,4). The lowest BCUT2D eigenvalue weighted by molar-refractivity contribution is 0.257. The first-order valence-corrected chi connectivity index (χ1v) is 5.94. The lowest BCUT2D eigenvalue weighted by atomic mass is 10.1. The van der Waals surface area contributed by atoms with Gasteiger partial charge in [0, 0.05) is 0 Å². The van der Waals surface area contributed by atoms with E-state index in [1.165, 1.54) is 12.0 Å². The summed E-state index contributed by atoms with van der Waals surface area (Å²) in [6.07, 6.45) is 2.34. The van der Waals surface area contributed by atoms with Crippen LogP contribution in [-0.4, -0.2) is 21.1 Å². The molecule has 1 aliphatic rings. The van der Waals surface area contributed by atoms with Crippen molar-refractivity contribution in [3.05, 3.63) is 29.8 Å². The van der Waals surface area contributed by atoms with Gasteiger partial charge < -0.3 is 10.5 Å². The molecule has 1 aromatic rings. The molecule has 2 amide bonds. The van der Waals surface area contributed by atoms with Gasteiger partial charge in [0.1, 0.15) is 5.75 Å². The smallest absolute Gasteiger partial charge is 0.353 e. The van der Waals surface area contributed by atoms with Crippen LogP contribution in [0.25, 0.3) is 0 Å². The summed E-state index contributed by atoms with van der Waals surface area (Å²) in [6.45, 7) is 0.886. The number of aryl methyl sites for hydroxylation is 1. The molecule has 0 aromatic heterocycles. The Hall–Kier alpha value is -1.89. The van der Waals surface area contributed by atoms with Gasteiger partial charge in [0.2, 0.25) is 0 Å². The third-order valence-corrected chi connectivity index (χ3v) is 2.31. The minimum absolute atomic E-state index is 0.886. The van der Waals surface area contributed by atoms with Crippen LogP contribution in [0.2, 0.25) is 0 Å². The predicted molar refractivity (Wildman–Crippen MR) is 61.2 cm³/mol. The molecule has 17 heavy (non-hydrogen) atoms. The normalized spacial score (nSPS) is 12.2. The molecular weight excluding hydrogens is 244 g/mol. The summed E-state index contributed by atoms with van der Waals surface area (Å²) in [5, 5.41) is 0. The van der Waals surface area contributed by atoms with Gasteiger partial charge in [0.25, 0.3) is 0 Å². The molecule has 1 heterocycles. The SMILES string of the molecule is NC(=O)N=S(=O)=O.c1ccc2c(c1)CCCO2. The van der Waals surface area contributed by atoms with Gasteiger partial charge in [0.05, 0.1) is 6.61 Å². The van der Waals surface area contributed by atoms with E-state index in [1.54, 1.807) is 0 Å². The highest BCUT2D eigenvalue weighted by Gasteiger charge is 2.06. The molecule has 2 rings (SSSR count). The Morgan fingerprint density at radius 2 is 2.06 bits per heavy atom. The highest BCUT2D eigenvalue weighted by Crippen LogP contribution is 2.22. The molecule has 0 radical (unpaired) electrons. The molecule has 6 nitrogen and oxygen atoms in total. The van der Waals surface area contributed by atoms with Crippen molar-refractivity contribution in [1.29, 1.82) is 0 Å². The van der Waals surface area contributed by atoms with Gasteiger partial charge >= 0.3 is 16.5 Å². The van der Waals surface area contributed by atoms with Crippen molar-refractivity contribution >= 4 is 16.5 Å². The summed E-state index contributed by atoms with van der Waals surface area (Å²) >= 11 is 0. The first kappa shape index (κ1) is 13.2. The third kappa shape index (κ3) is 5.12. The Morgan fingerprint density at radius 1 is 1.35 bits per heavy atom. The number of primary amides is 1. The molecule has 1 aliphatic heterocycles. The maximum atomic E-state index is 9.47. The lowest BCUT2D eigenvalue weighted by Crippen LogP contribution is -2.07. The lowest BCUT2D eigenvalue weighted by Gasteiger charge is -2.15. The van der Waals surface area contributed by atoms with E-state index >= 15 is 0 Å². The number of fused-ring (bicyclic) bond motifs is 1. The highest BCUT2D eigenvalue weighted by molar-refractivity contribution is 7.62. The summed E-state index contributed by atoms with van der Waals surface area (Å²) < 4.78 is 26.4. The Bertz CT molecular complexity index is 492. The largest absolute Gasteiger partial charge is 0.493 e. The van der Waals surface area contributed by atoms with E-state index < -0.39 is 16.5 Å². The Morgan fingerprint density at radius 3 is 2.59 bits per heavy atom. The molecule has 0 unspecified atom stereocenters. The number of nitrogens with two attached hydrogens (primary N) is 1. The quantitative estimate of drug-likeness (QED) is 0.752. The minimum Gasteiger partial charge on any atom is -0.493 e. The van der Waals surface area contributed by atoms with Gasteiger partial charge in [-0.1, -0.05) is 22.6 Å². The van der Waals surface area contributed by atoms with Crippen molar-refractivity contribution < 1.29 is 17.9 Å². The average molecular weight is 256 g/mol. The molecule has 7 heteroatoms. The second-order valence-electron chi connectivity index (χ2n) is 3.21. The van der Waals surface area contributed by atoms with E-state index in [1.807, 2.05) is 12.1 Å². The average Bonchev–Trinajstić information content (AvgIpc) is 2.28. The zero-order valence-corrected chi connectivity index (χ0v) is 9.81. The van der Waals surface area contributed by atoms with E-state index in [0.717, 1.165) is 18.8 Å². The number of urea groups is 1. The maximum Gasteiger partial charge on any atom is 0.353 e. The Labute approximate surface area is 100 Å². The summed E-state index contributed by atoms with van der Waals surface area (Å²) in [6, 6.07) is 7.05. The topological polar surface area (TPSA) is 98.8 Å². The zero-order chi connectivity index (χ0) is 12.7. The van der Waals surface area contributed by atoms with E-state index in [2.05, 4.69) is 22.2 Å². The summed E-state index contributed by atoms with van der Waals surface area (Å²) in [5.41, 5.74) is 5.65. The van der Waals surface area contributed by atoms with Gasteiger partial charge in [-0.25, -0.2) is 4.79 Å². The van der Waals surface area contributed by atoms with Crippen molar-refractivity contribution in [2.24, 2.45) is 10.1 Å². The van der Waals surface area contributed by atoms with Gasteiger partial charge in [-0.3, -0.25) is 0 Å². The number of ether oxygens (including phenoxy) is 1. The molecule has 0 saturated heterocycles. The fraction of sp³-hybridized carbons (Fsp3) is 0.300. The Balaban J connectivity index is 0.000000185. The molecule has 0 fully saturated rings. The highest BCUT2D eigenvalue weighted by atomic mass is 32.2. The van der Waals surface area contributed by atoms with E-state index in [4.69, 9.17) is 4.74 Å². The number of rotatable bonds is 0. The van der Waals surface area contributed by atoms with Gasteiger partial charge in [0.15, 0.2) is 0 Å². The molecule has 0 atom stereocenters. The van der Waals surface area contributed by atoms with Gasteiger partial charge in [-0.2, -0.15) is 8.42 Å². The number of carbonyl (C=O) groups excluding carboxylic acids is 1. The molecule has 0 spiro atoms. The molecule has 1 aromatic carbocycles. The number of benzene rings is 1. The zero-order valence-electron chi connectivity index (χ0n) is 9.00. The molecule has 0 saturated carbocycles. The van der Waals surface area contributed by atoms with Crippen LogP contribution in [0.5, 0.6) is 5.75 Å². The molecular formula is C10H12N2O4S. The van der Waals surface area contributed by atoms with Gasteiger partial charge in [-0.15, -0.1) is 0 Å². The maximum absolute atomic E-state index is 9.47. The Kier molecular flexibility index (Phi) is 5.15. The van der Waals surface area contributed by atoms with Crippen LogP contribution >= 0.6 is 0 Å². The van der Waals surface area contributed by atoms with Crippen LogP contribution in [-0.2, 0) is 16.9 Å². The van der Waals surface area contributed by atoms with Crippen molar-refractivity contribution in [3.63, 3.8) is 0 Å². The van der Waals surface area contributed by atoms with E-state index in [-0.39, 0.29) is 0 Å². The van der Waals surface area contributed by atoms with E-state index in [9.17, 15) is 13.2 Å². The van der Waals surface area contributed by atoms with E-state index in [0.29, 0.717) is 0 Å². The first-order chi connectivity index (χ1) is 8.09. The number of nitrogens with zero attached hydrogens (tertiary/aromatic N) is 1. The van der Waals surface area contributed by atoms with Crippen LogP contribution in [0, 0.1) is 0 Å². The van der Waals surface area contributed by atoms with Crippen molar-refractivity contribution in [3.8, 4) is 5.75 Å². The summed E-state index contributed by atoms with van der Waals surface area (Å²) in [5.74, 6) is 1.08. The fourth-order valence-corrected chi connectivity index (χ4v) is 1.52. The summed E-state index contributed by atoms with van der Waals surface area (Å²) in [4.78, 5) is 9.47. The third-order valence-electron chi connectivity index (χ3n) is 1.99. The van der Waals surface area contributed by atoms with Crippen molar-refractivity contribution in [1.82, 2.24) is 0 Å². The molecule has 0 bridgehead atoms. The number of para-hydroxylation sites is 1. The van der Waals surface area contributed by atoms with Crippen LogP contribution in [0.4, 0.5) is 4.79 Å². The van der Waals surface area contributed by atoms with Crippen LogP contribution < -0.4 is 10.5 Å². The van der Waals surface area contributed by atoms with Crippen molar-refractivity contribution in [2.75, 3.05) is 6.61 Å². The van der Waals surface area contributed by atoms with Crippen LogP contribution in [0.1, 0.15) is 12.0 Å². The number of hydrogen-bond donors (Lipinski definition) is 1. The second kappa shape index (κ2) is 6.64. The number of amides is 2. The molecule has 2 N–H and O–H groups in total. The number of carbonyl (C=O) groups is 1. The van der Waals surface area contributed by atoms with Gasteiger partial charge in [-0.05, 0) is 24.5 Å². The number of hydrogen-bond acceptors (Lipinski definition) is 4. The van der Waals surface area contributed by atoms with Crippen molar-refractivity contribution in [2.45, 2.75) is 12.8 Å². The second-order valence-corrected chi connectivity index (χ2v) is 3.82. The predicted octanol–water partition coefficient (Wildman–Crippen LogP) is 1.14. The van der Waals surface area contributed by atoms with Crippen LogP contribution in [0.3, 0.4) is 0 Å². The minimum atomic E-state index is -2.70. The fourth-order valence-electron chi connectivity index (χ4n) is 1.37. The first-order valence-electron chi connectivity index (χ1n) is 4.91. The monoisotopic (exact) mass is 256 g/mol. The molecule has 0 aliphatic carbocycles.